The molecule has 0 aliphatic carbocycles. The van der Waals surface area contributed by atoms with E-state index in [9.17, 15) is 29.7 Å². The van der Waals surface area contributed by atoms with Crippen molar-refractivity contribution in [2.24, 2.45) is 0 Å². The van der Waals surface area contributed by atoms with Gasteiger partial charge in [-0.05, 0) is 105 Å². The van der Waals surface area contributed by atoms with Gasteiger partial charge in [0.1, 0.15) is 0 Å². The Morgan fingerprint density at radius 2 is 0.534 bits per heavy atom. The average Bonchev–Trinajstić information content (AvgIpc) is 3.25. The molecule has 0 N–H and O–H groups in total. The average molecular weight is 787 g/mol. The maximum absolute atomic E-state index is 11.2. The van der Waals surface area contributed by atoms with Crippen molar-refractivity contribution in [2.45, 2.75) is 80.1 Å². The summed E-state index contributed by atoms with van der Waals surface area (Å²) in [6.07, 6.45) is 4.55. The van der Waals surface area contributed by atoms with Crippen molar-refractivity contribution in [3.63, 3.8) is 0 Å². The SMILES string of the molecule is CCc1c(C(=O)[O-])ccc(-c2ccccc2)c1CC.CCc1c(C(=O)[O-])ccc(-c2ccccc2)c1CC.CCc1c(C(=O)[O-])ccc(-c2ccccc2)c1CC.[Al+3]. The van der Waals surface area contributed by atoms with E-state index < -0.39 is 17.9 Å². The molecule has 0 saturated carbocycles. The number of carboxylic acids is 3. The Balaban J connectivity index is 0.000000231. The molecule has 6 aromatic carbocycles. The molecule has 6 aromatic rings. The molecular weight excluding hydrogens is 736 g/mol. The second-order valence-corrected chi connectivity index (χ2v) is 13.4. The molecule has 0 spiro atoms. The fourth-order valence-corrected chi connectivity index (χ4v) is 7.74. The third-order valence-electron chi connectivity index (χ3n) is 10.3. The van der Waals surface area contributed by atoms with E-state index in [0.29, 0.717) is 36.0 Å². The van der Waals surface area contributed by atoms with Crippen LogP contribution in [0.15, 0.2) is 127 Å². The molecule has 7 heteroatoms. The predicted octanol–water partition coefficient (Wildman–Crippen LogP) is 8.14. The van der Waals surface area contributed by atoms with E-state index in [-0.39, 0.29) is 17.4 Å². The molecule has 0 fully saturated rings. The number of carboxylic acid groups (broad SMARTS) is 3. The summed E-state index contributed by atoms with van der Waals surface area (Å²) in [7, 11) is 0. The van der Waals surface area contributed by atoms with Gasteiger partial charge in [0.15, 0.2) is 0 Å². The van der Waals surface area contributed by atoms with Crippen LogP contribution in [0.3, 0.4) is 0 Å². The van der Waals surface area contributed by atoms with Gasteiger partial charge in [0.2, 0.25) is 0 Å². The van der Waals surface area contributed by atoms with Crippen molar-refractivity contribution in [1.29, 1.82) is 0 Å². The molecule has 0 saturated heterocycles. The Kier molecular flexibility index (Phi) is 18.4. The van der Waals surface area contributed by atoms with Crippen LogP contribution in [0.25, 0.3) is 33.4 Å². The van der Waals surface area contributed by atoms with E-state index in [0.717, 1.165) is 86.0 Å². The third-order valence-corrected chi connectivity index (χ3v) is 10.3. The molecule has 0 radical (unpaired) electrons. The fourth-order valence-electron chi connectivity index (χ4n) is 7.74. The normalized spacial score (nSPS) is 10.2. The van der Waals surface area contributed by atoms with Gasteiger partial charge in [-0.2, -0.15) is 0 Å². The molecular formula is C51H51AlO6. The maximum Gasteiger partial charge on any atom is 3.00 e. The fraction of sp³-hybridized carbons (Fsp3) is 0.235. The first-order chi connectivity index (χ1) is 27.6. The Morgan fingerprint density at radius 3 is 0.707 bits per heavy atom. The maximum atomic E-state index is 11.2. The summed E-state index contributed by atoms with van der Waals surface area (Å²) < 4.78 is 0. The Labute approximate surface area is 354 Å². The summed E-state index contributed by atoms with van der Waals surface area (Å²) in [4.78, 5) is 33.6. The van der Waals surface area contributed by atoms with Crippen LogP contribution in [0.1, 0.15) is 106 Å². The summed E-state index contributed by atoms with van der Waals surface area (Å²) in [6.45, 7) is 12.1. The number of aromatic carboxylic acids is 3. The summed E-state index contributed by atoms with van der Waals surface area (Å²) in [5.74, 6) is -3.27. The first kappa shape index (κ1) is 46.6. The van der Waals surface area contributed by atoms with Gasteiger partial charge in [-0.1, -0.05) is 169 Å². The van der Waals surface area contributed by atoms with Crippen molar-refractivity contribution in [2.75, 3.05) is 0 Å². The number of carbonyl (C=O) groups excluding carboxylic acids is 3. The molecule has 58 heavy (non-hydrogen) atoms. The van der Waals surface area contributed by atoms with Gasteiger partial charge in [-0.3, -0.25) is 0 Å². The van der Waals surface area contributed by atoms with Crippen LogP contribution in [0.2, 0.25) is 0 Å². The summed E-state index contributed by atoms with van der Waals surface area (Å²) >= 11 is 0. The van der Waals surface area contributed by atoms with E-state index in [2.05, 4.69) is 20.8 Å². The Morgan fingerprint density at radius 1 is 0.328 bits per heavy atom. The topological polar surface area (TPSA) is 120 Å². The van der Waals surface area contributed by atoms with Gasteiger partial charge in [-0.25, -0.2) is 0 Å². The standard InChI is InChI=1S/3C17H18O2.Al/c3*1-3-13-14(4-2)16(17(18)19)11-10-15(13)12-8-6-5-7-9-12;/h3*5-11H,3-4H2,1-2H3,(H,18,19);/q;;;+3/p-3. The van der Waals surface area contributed by atoms with Crippen LogP contribution >= 0.6 is 0 Å². The number of rotatable bonds is 12. The zero-order chi connectivity index (χ0) is 41.5. The third kappa shape index (κ3) is 11.0. The minimum atomic E-state index is -1.09. The second-order valence-electron chi connectivity index (χ2n) is 13.4. The van der Waals surface area contributed by atoms with Crippen molar-refractivity contribution in [1.82, 2.24) is 0 Å². The Bertz CT molecular complexity index is 2020. The first-order valence-electron chi connectivity index (χ1n) is 19.8. The van der Waals surface area contributed by atoms with Crippen LogP contribution in [0, 0.1) is 0 Å². The monoisotopic (exact) mass is 786 g/mol. The molecule has 294 valence electrons. The molecule has 0 aliphatic rings. The van der Waals surface area contributed by atoms with Crippen molar-refractivity contribution in [3.05, 3.63) is 177 Å². The van der Waals surface area contributed by atoms with Crippen molar-refractivity contribution in [3.8, 4) is 33.4 Å². The van der Waals surface area contributed by atoms with E-state index in [1.807, 2.05) is 130 Å². The van der Waals surface area contributed by atoms with E-state index in [1.54, 1.807) is 18.2 Å². The second kappa shape index (κ2) is 22.9. The molecule has 0 atom stereocenters. The zero-order valence-corrected chi connectivity index (χ0v) is 35.5. The number of hydrogen-bond donors (Lipinski definition) is 0. The van der Waals surface area contributed by atoms with Gasteiger partial charge >= 0.3 is 17.4 Å². The smallest absolute Gasteiger partial charge is 0.545 e. The summed E-state index contributed by atoms with van der Waals surface area (Å²) in [5.41, 5.74) is 13.7. The first-order valence-corrected chi connectivity index (χ1v) is 19.8. The summed E-state index contributed by atoms with van der Waals surface area (Å²) in [5, 5.41) is 33.6. The molecule has 6 nitrogen and oxygen atoms in total. The van der Waals surface area contributed by atoms with Gasteiger partial charge in [-0.15, -0.1) is 0 Å². The van der Waals surface area contributed by atoms with Crippen LogP contribution in [0.4, 0.5) is 0 Å². The molecule has 6 rings (SSSR count). The summed E-state index contributed by atoms with van der Waals surface area (Å²) in [6, 6.07) is 40.8. The van der Waals surface area contributed by atoms with Crippen LogP contribution in [0.5, 0.6) is 0 Å². The molecule has 0 aliphatic heterocycles. The van der Waals surface area contributed by atoms with Gasteiger partial charge < -0.3 is 29.7 Å². The molecule has 0 bridgehead atoms. The predicted molar refractivity (Wildman–Crippen MR) is 231 cm³/mol. The zero-order valence-electron chi connectivity index (χ0n) is 34.4. The van der Waals surface area contributed by atoms with Crippen LogP contribution < -0.4 is 15.3 Å². The van der Waals surface area contributed by atoms with Crippen LogP contribution in [-0.2, 0) is 38.5 Å². The molecule has 0 heterocycles. The number of hydrogen-bond acceptors (Lipinski definition) is 6. The van der Waals surface area contributed by atoms with Gasteiger partial charge in [0.25, 0.3) is 0 Å². The Hall–Kier alpha value is -5.74. The van der Waals surface area contributed by atoms with Crippen molar-refractivity contribution >= 4 is 35.3 Å². The molecule has 0 aromatic heterocycles. The van der Waals surface area contributed by atoms with Crippen molar-refractivity contribution < 1.29 is 29.7 Å². The quantitative estimate of drug-likeness (QED) is 0.116. The largest absolute Gasteiger partial charge is 3.00 e. The molecule has 0 amide bonds. The number of carbonyl (C=O) groups is 3. The van der Waals surface area contributed by atoms with E-state index >= 15 is 0 Å². The minimum Gasteiger partial charge on any atom is -0.545 e. The number of benzene rings is 6. The minimum absolute atomic E-state index is 0. The molecule has 0 unspecified atom stereocenters. The van der Waals surface area contributed by atoms with Gasteiger partial charge in [0.05, 0.1) is 17.9 Å². The van der Waals surface area contributed by atoms with E-state index in [4.69, 9.17) is 0 Å². The van der Waals surface area contributed by atoms with E-state index in [1.165, 1.54) is 0 Å². The van der Waals surface area contributed by atoms with Gasteiger partial charge in [0, 0.05) is 16.7 Å². The van der Waals surface area contributed by atoms with Crippen LogP contribution in [-0.4, -0.2) is 35.3 Å².